The van der Waals surface area contributed by atoms with Crippen molar-refractivity contribution in [3.8, 4) is 22.9 Å². The van der Waals surface area contributed by atoms with Gasteiger partial charge in [0.15, 0.2) is 0 Å². The van der Waals surface area contributed by atoms with E-state index in [9.17, 15) is 8.42 Å². The Labute approximate surface area is 163 Å². The summed E-state index contributed by atoms with van der Waals surface area (Å²) in [7, 11) is -3.16. The average Bonchev–Trinajstić information content (AvgIpc) is 3.25. The van der Waals surface area contributed by atoms with E-state index in [1.54, 1.807) is 19.3 Å². The fourth-order valence-corrected chi connectivity index (χ4v) is 4.15. The molecule has 4 rings (SSSR count). The summed E-state index contributed by atoms with van der Waals surface area (Å²) in [6, 6.07) is 11.5. The molecule has 0 radical (unpaired) electrons. The summed E-state index contributed by atoms with van der Waals surface area (Å²) in [5.41, 5.74) is 3.60. The van der Waals surface area contributed by atoms with Crippen molar-refractivity contribution in [1.82, 2.24) is 19.5 Å². The monoisotopic (exact) mass is 396 g/mol. The van der Waals surface area contributed by atoms with Crippen LogP contribution in [0.5, 0.6) is 0 Å². The van der Waals surface area contributed by atoms with Gasteiger partial charge in [0.25, 0.3) is 0 Å². The molecule has 8 heteroatoms. The predicted molar refractivity (Wildman–Crippen MR) is 107 cm³/mol. The molecule has 1 aliphatic heterocycles. The van der Waals surface area contributed by atoms with Crippen molar-refractivity contribution in [2.45, 2.75) is 13.3 Å². The molecule has 3 heterocycles. The smallest absolute Gasteiger partial charge is 0.249 e. The molecule has 0 saturated heterocycles. The van der Waals surface area contributed by atoms with Gasteiger partial charge in [0.2, 0.25) is 21.8 Å². The van der Waals surface area contributed by atoms with Gasteiger partial charge in [-0.25, -0.2) is 8.42 Å². The van der Waals surface area contributed by atoms with Crippen LogP contribution in [0.25, 0.3) is 28.5 Å². The number of pyridine rings is 1. The molecule has 0 bridgehead atoms. The Balaban J connectivity index is 1.57. The van der Waals surface area contributed by atoms with Gasteiger partial charge >= 0.3 is 0 Å². The van der Waals surface area contributed by atoms with Crippen molar-refractivity contribution in [1.29, 1.82) is 0 Å². The summed E-state index contributed by atoms with van der Waals surface area (Å²) in [5.74, 6) is 0.979. The van der Waals surface area contributed by atoms with Crippen molar-refractivity contribution in [3.63, 3.8) is 0 Å². The van der Waals surface area contributed by atoms with Crippen LogP contribution in [0.4, 0.5) is 0 Å². The minimum Gasteiger partial charge on any atom is -0.416 e. The molecule has 0 spiro atoms. The van der Waals surface area contributed by atoms with Crippen molar-refractivity contribution in [3.05, 3.63) is 60.4 Å². The van der Waals surface area contributed by atoms with Gasteiger partial charge < -0.3 is 4.42 Å². The maximum Gasteiger partial charge on any atom is 0.249 e. The third kappa shape index (κ3) is 3.74. The number of benzene rings is 1. The Kier molecular flexibility index (Phi) is 5.06. The van der Waals surface area contributed by atoms with E-state index in [-0.39, 0.29) is 5.75 Å². The highest BCUT2D eigenvalue weighted by Gasteiger charge is 2.23. The average molecular weight is 396 g/mol. The summed E-state index contributed by atoms with van der Waals surface area (Å²) in [6.07, 6.45) is 6.04. The Bertz CT molecular complexity index is 1110. The van der Waals surface area contributed by atoms with Gasteiger partial charge in [-0.1, -0.05) is 24.3 Å². The zero-order valence-corrected chi connectivity index (χ0v) is 16.3. The van der Waals surface area contributed by atoms with Crippen LogP contribution in [0.15, 0.2) is 59.3 Å². The molecule has 28 heavy (non-hydrogen) atoms. The molecule has 0 fully saturated rings. The van der Waals surface area contributed by atoms with Crippen LogP contribution in [-0.2, 0) is 10.0 Å². The second-order valence-electron chi connectivity index (χ2n) is 6.48. The van der Waals surface area contributed by atoms with Crippen molar-refractivity contribution < 1.29 is 12.8 Å². The van der Waals surface area contributed by atoms with E-state index in [1.807, 2.05) is 42.5 Å². The normalized spacial score (nSPS) is 15.4. The molecule has 0 aliphatic carbocycles. The van der Waals surface area contributed by atoms with E-state index in [0.29, 0.717) is 31.3 Å². The van der Waals surface area contributed by atoms with Crippen molar-refractivity contribution in [2.75, 3.05) is 18.8 Å². The van der Waals surface area contributed by atoms with Gasteiger partial charge in [-0.2, -0.15) is 4.31 Å². The molecule has 144 valence electrons. The highest BCUT2D eigenvalue weighted by Crippen LogP contribution is 2.28. The van der Waals surface area contributed by atoms with Gasteiger partial charge in [-0.05, 0) is 42.7 Å². The Morgan fingerprint density at radius 3 is 2.43 bits per heavy atom. The fraction of sp³-hybridized carbons (Fsp3) is 0.250. The first-order valence-corrected chi connectivity index (χ1v) is 10.7. The lowest BCUT2D eigenvalue weighted by molar-refractivity contribution is 0.442. The Morgan fingerprint density at radius 2 is 1.75 bits per heavy atom. The van der Waals surface area contributed by atoms with Gasteiger partial charge in [0.05, 0.1) is 11.3 Å². The van der Waals surface area contributed by atoms with E-state index in [1.165, 1.54) is 4.31 Å². The minimum absolute atomic E-state index is 0.119. The molecule has 0 saturated carbocycles. The number of sulfonamides is 1. The molecule has 3 aromatic rings. The van der Waals surface area contributed by atoms with Crippen LogP contribution < -0.4 is 0 Å². The lowest BCUT2D eigenvalue weighted by Crippen LogP contribution is -2.35. The van der Waals surface area contributed by atoms with Crippen LogP contribution >= 0.6 is 0 Å². The number of rotatable bonds is 5. The van der Waals surface area contributed by atoms with Gasteiger partial charge in [-0.15, -0.1) is 10.2 Å². The first-order chi connectivity index (χ1) is 13.6. The number of hydrogen-bond acceptors (Lipinski definition) is 6. The summed E-state index contributed by atoms with van der Waals surface area (Å²) in [6.45, 7) is 2.52. The van der Waals surface area contributed by atoms with Crippen LogP contribution in [0, 0.1) is 0 Å². The lowest BCUT2D eigenvalue weighted by atomic mass is 10.0. The zero-order chi connectivity index (χ0) is 19.6. The van der Waals surface area contributed by atoms with E-state index in [0.717, 1.165) is 22.3 Å². The van der Waals surface area contributed by atoms with Crippen LogP contribution in [0.1, 0.15) is 18.9 Å². The van der Waals surface area contributed by atoms with Crippen LogP contribution in [0.3, 0.4) is 0 Å². The summed E-state index contributed by atoms with van der Waals surface area (Å²) < 4.78 is 31.3. The molecule has 1 aliphatic rings. The Morgan fingerprint density at radius 1 is 1.04 bits per heavy atom. The maximum atomic E-state index is 12.0. The zero-order valence-electron chi connectivity index (χ0n) is 15.4. The minimum atomic E-state index is -3.16. The topological polar surface area (TPSA) is 89.2 Å². The lowest BCUT2D eigenvalue weighted by Gasteiger charge is -2.25. The molecule has 0 atom stereocenters. The first-order valence-electron chi connectivity index (χ1n) is 9.08. The van der Waals surface area contributed by atoms with Crippen LogP contribution in [0.2, 0.25) is 0 Å². The highest BCUT2D eigenvalue weighted by atomic mass is 32.2. The van der Waals surface area contributed by atoms with Gasteiger partial charge in [-0.3, -0.25) is 4.98 Å². The van der Waals surface area contributed by atoms with E-state index >= 15 is 0 Å². The fourth-order valence-electron chi connectivity index (χ4n) is 3.12. The second kappa shape index (κ2) is 7.65. The predicted octanol–water partition coefficient (Wildman–Crippen LogP) is 3.24. The summed E-state index contributed by atoms with van der Waals surface area (Å²) >= 11 is 0. The van der Waals surface area contributed by atoms with E-state index in [2.05, 4.69) is 15.2 Å². The maximum absolute atomic E-state index is 12.0. The summed E-state index contributed by atoms with van der Waals surface area (Å²) in [4.78, 5) is 4.30. The highest BCUT2D eigenvalue weighted by molar-refractivity contribution is 7.89. The largest absolute Gasteiger partial charge is 0.416 e. The molecular formula is C20H20N4O3S. The Hall–Kier alpha value is -2.84. The molecule has 0 N–H and O–H groups in total. The summed E-state index contributed by atoms with van der Waals surface area (Å²) in [5, 5.41) is 8.26. The van der Waals surface area contributed by atoms with E-state index in [4.69, 9.17) is 4.42 Å². The van der Waals surface area contributed by atoms with Gasteiger partial charge in [0.1, 0.15) is 0 Å². The molecule has 0 amide bonds. The standard InChI is InChI=1S/C20H20N4O3S/c1-2-28(25,26)24-10-8-15(9-11-24)17-12-18(14-21-13-17)20-23-22-19(27-20)16-6-4-3-5-7-16/h3-8,12-14H,2,9-11H2,1H3. The van der Waals surface area contributed by atoms with Crippen LogP contribution in [-0.4, -0.2) is 46.7 Å². The molecule has 7 nitrogen and oxygen atoms in total. The quantitative estimate of drug-likeness (QED) is 0.658. The van der Waals surface area contributed by atoms with Crippen molar-refractivity contribution in [2.24, 2.45) is 0 Å². The third-order valence-corrected chi connectivity index (χ3v) is 6.58. The number of hydrogen-bond donors (Lipinski definition) is 0. The SMILES string of the molecule is CCS(=O)(=O)N1CC=C(c2cncc(-c3nnc(-c4ccccc4)o3)c2)CC1. The molecule has 2 aromatic heterocycles. The molecule has 1 aromatic carbocycles. The first kappa shape index (κ1) is 18.5. The second-order valence-corrected chi connectivity index (χ2v) is 8.74. The molecule has 0 unspecified atom stereocenters. The number of nitrogens with zero attached hydrogens (tertiary/aromatic N) is 4. The third-order valence-electron chi connectivity index (χ3n) is 4.73. The molecular weight excluding hydrogens is 376 g/mol. The van der Waals surface area contributed by atoms with Gasteiger partial charge in [0, 0.05) is 31.0 Å². The van der Waals surface area contributed by atoms with E-state index < -0.39 is 10.0 Å². The number of aromatic nitrogens is 3. The van der Waals surface area contributed by atoms with Crippen molar-refractivity contribution >= 4 is 15.6 Å².